The summed E-state index contributed by atoms with van der Waals surface area (Å²) in [6.07, 6.45) is 4.05. The van der Waals surface area contributed by atoms with Gasteiger partial charge >= 0.3 is 0 Å². The van der Waals surface area contributed by atoms with Crippen LogP contribution in [0.2, 0.25) is 0 Å². The van der Waals surface area contributed by atoms with Gasteiger partial charge in [0, 0.05) is 12.6 Å². The summed E-state index contributed by atoms with van der Waals surface area (Å²) < 4.78 is 0. The molecule has 1 saturated heterocycles. The first-order valence-corrected chi connectivity index (χ1v) is 6.12. The standard InChI is InChI=1S/C10H22N2.C2H6/c1-4-7-11(2)9-10-6-5-8-12(10)3;1-2/h10H,4-9H2,1-3H3;1-2H3. The lowest BCUT2D eigenvalue weighted by molar-refractivity contribution is 0.220. The molecule has 1 aliphatic rings. The number of hydrogen-bond acceptors (Lipinski definition) is 2. The fourth-order valence-electron chi connectivity index (χ4n) is 2.04. The third kappa shape index (κ3) is 4.97. The summed E-state index contributed by atoms with van der Waals surface area (Å²) >= 11 is 0. The third-order valence-electron chi connectivity index (χ3n) is 2.80. The van der Waals surface area contributed by atoms with Crippen LogP contribution in [-0.2, 0) is 0 Å². The first-order valence-electron chi connectivity index (χ1n) is 6.12. The second-order valence-electron chi connectivity index (χ2n) is 4.04. The molecule has 0 aliphatic carbocycles. The van der Waals surface area contributed by atoms with Crippen molar-refractivity contribution in [1.82, 2.24) is 9.80 Å². The highest BCUT2D eigenvalue weighted by Gasteiger charge is 2.21. The molecule has 0 bridgehead atoms. The summed E-state index contributed by atoms with van der Waals surface area (Å²) in [7, 11) is 4.48. The Kier molecular flexibility index (Phi) is 8.20. The van der Waals surface area contributed by atoms with Crippen molar-refractivity contribution in [1.29, 1.82) is 0 Å². The lowest BCUT2D eigenvalue weighted by atomic mass is 10.2. The minimum Gasteiger partial charge on any atom is -0.305 e. The molecule has 0 saturated carbocycles. The molecule has 0 spiro atoms. The first kappa shape index (κ1) is 13.9. The van der Waals surface area contributed by atoms with Gasteiger partial charge in [-0.25, -0.2) is 0 Å². The van der Waals surface area contributed by atoms with Crippen LogP contribution in [0.4, 0.5) is 0 Å². The minimum absolute atomic E-state index is 0.821. The van der Waals surface area contributed by atoms with Crippen molar-refractivity contribution >= 4 is 0 Å². The summed E-state index contributed by atoms with van der Waals surface area (Å²) in [6.45, 7) is 10.0. The highest BCUT2D eigenvalue weighted by Crippen LogP contribution is 2.15. The number of nitrogens with zero attached hydrogens (tertiary/aromatic N) is 2. The van der Waals surface area contributed by atoms with E-state index < -0.39 is 0 Å². The van der Waals surface area contributed by atoms with Crippen LogP contribution in [0.15, 0.2) is 0 Å². The number of likely N-dealkylation sites (N-methyl/N-ethyl adjacent to an activating group) is 2. The normalized spacial score (nSPS) is 22.3. The van der Waals surface area contributed by atoms with E-state index in [1.54, 1.807) is 0 Å². The van der Waals surface area contributed by atoms with E-state index in [-0.39, 0.29) is 0 Å². The van der Waals surface area contributed by atoms with E-state index in [0.717, 1.165) is 6.04 Å². The van der Waals surface area contributed by atoms with E-state index in [1.807, 2.05) is 13.8 Å². The molecule has 14 heavy (non-hydrogen) atoms. The molecular weight excluding hydrogens is 172 g/mol. The molecule has 0 N–H and O–H groups in total. The van der Waals surface area contributed by atoms with Crippen LogP contribution >= 0.6 is 0 Å². The molecule has 0 aromatic carbocycles. The van der Waals surface area contributed by atoms with Gasteiger partial charge in [-0.3, -0.25) is 0 Å². The average Bonchev–Trinajstić information content (AvgIpc) is 2.56. The Balaban J connectivity index is 0.000000791. The van der Waals surface area contributed by atoms with Gasteiger partial charge in [0.15, 0.2) is 0 Å². The van der Waals surface area contributed by atoms with Crippen LogP contribution in [0.3, 0.4) is 0 Å². The Morgan fingerprint density at radius 2 is 2.00 bits per heavy atom. The van der Waals surface area contributed by atoms with Crippen molar-refractivity contribution in [2.45, 2.75) is 46.1 Å². The van der Waals surface area contributed by atoms with Crippen LogP contribution < -0.4 is 0 Å². The summed E-state index contributed by atoms with van der Waals surface area (Å²) in [4.78, 5) is 4.94. The van der Waals surface area contributed by atoms with E-state index in [9.17, 15) is 0 Å². The summed E-state index contributed by atoms with van der Waals surface area (Å²) in [5, 5.41) is 0. The van der Waals surface area contributed by atoms with Crippen molar-refractivity contribution < 1.29 is 0 Å². The molecule has 0 aromatic rings. The lowest BCUT2D eigenvalue weighted by Crippen LogP contribution is -2.36. The number of likely N-dealkylation sites (tertiary alicyclic amines) is 1. The second-order valence-corrected chi connectivity index (χ2v) is 4.04. The zero-order valence-corrected chi connectivity index (χ0v) is 10.7. The largest absolute Gasteiger partial charge is 0.305 e. The van der Waals surface area contributed by atoms with Crippen LogP contribution in [0.5, 0.6) is 0 Å². The second kappa shape index (κ2) is 8.25. The molecule has 2 heteroatoms. The molecule has 0 aromatic heterocycles. The molecule has 0 amide bonds. The van der Waals surface area contributed by atoms with Gasteiger partial charge in [0.2, 0.25) is 0 Å². The zero-order valence-electron chi connectivity index (χ0n) is 10.7. The van der Waals surface area contributed by atoms with Crippen molar-refractivity contribution in [3.05, 3.63) is 0 Å². The zero-order chi connectivity index (χ0) is 11.0. The van der Waals surface area contributed by atoms with Crippen molar-refractivity contribution in [2.75, 3.05) is 33.7 Å². The van der Waals surface area contributed by atoms with Crippen molar-refractivity contribution in [3.8, 4) is 0 Å². The smallest absolute Gasteiger partial charge is 0.0220 e. The van der Waals surface area contributed by atoms with E-state index in [2.05, 4.69) is 30.8 Å². The molecule has 0 radical (unpaired) electrons. The maximum absolute atomic E-state index is 2.49. The predicted molar refractivity (Wildman–Crippen MR) is 64.8 cm³/mol. The highest BCUT2D eigenvalue weighted by molar-refractivity contribution is 4.78. The maximum atomic E-state index is 2.49. The molecule has 1 fully saturated rings. The molecular formula is C12H28N2. The lowest BCUT2D eigenvalue weighted by Gasteiger charge is -2.25. The Morgan fingerprint density at radius 1 is 1.36 bits per heavy atom. The van der Waals surface area contributed by atoms with Gasteiger partial charge in [0.05, 0.1) is 0 Å². The average molecular weight is 200 g/mol. The van der Waals surface area contributed by atoms with Gasteiger partial charge in [0.1, 0.15) is 0 Å². The Bertz CT molecular complexity index is 125. The number of rotatable bonds is 4. The molecule has 1 aliphatic heterocycles. The van der Waals surface area contributed by atoms with Gasteiger partial charge in [-0.1, -0.05) is 20.8 Å². The molecule has 1 atom stereocenters. The van der Waals surface area contributed by atoms with Gasteiger partial charge < -0.3 is 9.80 Å². The van der Waals surface area contributed by atoms with E-state index in [0.29, 0.717) is 0 Å². The van der Waals surface area contributed by atoms with Crippen molar-refractivity contribution in [3.63, 3.8) is 0 Å². The summed E-state index contributed by atoms with van der Waals surface area (Å²) in [6, 6.07) is 0.821. The fourth-order valence-corrected chi connectivity index (χ4v) is 2.04. The highest BCUT2D eigenvalue weighted by atomic mass is 15.2. The molecule has 2 nitrogen and oxygen atoms in total. The van der Waals surface area contributed by atoms with Gasteiger partial charge in [-0.2, -0.15) is 0 Å². The summed E-state index contributed by atoms with van der Waals surface area (Å²) in [5.74, 6) is 0. The van der Waals surface area contributed by atoms with Crippen LogP contribution in [0.1, 0.15) is 40.0 Å². The van der Waals surface area contributed by atoms with Crippen LogP contribution in [-0.4, -0.2) is 49.6 Å². The van der Waals surface area contributed by atoms with E-state index in [4.69, 9.17) is 0 Å². The Morgan fingerprint density at radius 3 is 2.43 bits per heavy atom. The maximum Gasteiger partial charge on any atom is 0.0220 e. The molecule has 1 heterocycles. The van der Waals surface area contributed by atoms with E-state index in [1.165, 1.54) is 38.9 Å². The molecule has 86 valence electrons. The number of hydrogen-bond donors (Lipinski definition) is 0. The van der Waals surface area contributed by atoms with Crippen molar-refractivity contribution in [2.24, 2.45) is 0 Å². The molecule has 1 unspecified atom stereocenters. The monoisotopic (exact) mass is 200 g/mol. The Hall–Kier alpha value is -0.0800. The summed E-state index contributed by atoms with van der Waals surface area (Å²) in [5.41, 5.74) is 0. The molecule has 1 rings (SSSR count). The topological polar surface area (TPSA) is 6.48 Å². The van der Waals surface area contributed by atoms with Crippen LogP contribution in [0.25, 0.3) is 0 Å². The minimum atomic E-state index is 0.821. The Labute approximate surface area is 90.3 Å². The fraction of sp³-hybridized carbons (Fsp3) is 1.00. The third-order valence-corrected chi connectivity index (χ3v) is 2.80. The SMILES string of the molecule is CC.CCCN(C)CC1CCCN1C. The van der Waals surface area contributed by atoms with Crippen LogP contribution in [0, 0.1) is 0 Å². The quantitative estimate of drug-likeness (QED) is 0.688. The van der Waals surface area contributed by atoms with Gasteiger partial charge in [-0.15, -0.1) is 0 Å². The van der Waals surface area contributed by atoms with E-state index >= 15 is 0 Å². The first-order chi connectivity index (χ1) is 6.74. The van der Waals surface area contributed by atoms with Gasteiger partial charge in [0.25, 0.3) is 0 Å². The predicted octanol–water partition coefficient (Wildman–Crippen LogP) is 2.45. The van der Waals surface area contributed by atoms with Gasteiger partial charge in [-0.05, 0) is 46.4 Å².